The highest BCUT2D eigenvalue weighted by molar-refractivity contribution is 9.10. The Morgan fingerprint density at radius 1 is 1.48 bits per heavy atom. The van der Waals surface area contributed by atoms with E-state index in [1.54, 1.807) is 17.8 Å². The van der Waals surface area contributed by atoms with Gasteiger partial charge in [-0.15, -0.1) is 11.8 Å². The molecule has 0 saturated carbocycles. The molecule has 1 aliphatic rings. The maximum absolute atomic E-state index is 12.9. The molecule has 0 fully saturated rings. The number of alkyl halides is 3. The van der Waals surface area contributed by atoms with Crippen LogP contribution in [0, 0.1) is 6.92 Å². The van der Waals surface area contributed by atoms with Crippen molar-refractivity contribution in [1.29, 1.82) is 0 Å². The minimum Gasteiger partial charge on any atom is -0.483 e. The number of nitrogens with zero attached hydrogens (tertiary/aromatic N) is 1. The van der Waals surface area contributed by atoms with Gasteiger partial charge in [-0.1, -0.05) is 22.0 Å². The molecule has 0 saturated heterocycles. The summed E-state index contributed by atoms with van der Waals surface area (Å²) in [4.78, 5) is 13.0. The Labute approximate surface area is 147 Å². The lowest BCUT2D eigenvalue weighted by atomic mass is 10.00. The van der Waals surface area contributed by atoms with Gasteiger partial charge in [-0.05, 0) is 43.4 Å². The second-order valence-corrected chi connectivity index (χ2v) is 7.08. The van der Waals surface area contributed by atoms with E-state index in [0.717, 1.165) is 16.9 Å². The largest absolute Gasteiger partial charge is 0.483 e. The first-order valence-corrected chi connectivity index (χ1v) is 9.41. The van der Waals surface area contributed by atoms with Crippen molar-refractivity contribution in [3.8, 4) is 5.75 Å². The van der Waals surface area contributed by atoms with Crippen LogP contribution in [0.25, 0.3) is 5.70 Å². The lowest BCUT2D eigenvalue weighted by molar-refractivity contribution is -0.129. The van der Waals surface area contributed by atoms with Crippen molar-refractivity contribution >= 4 is 39.3 Å². The molecule has 0 N–H and O–H groups in total. The average molecular weight is 406 g/mol. The number of hydrogen-bond acceptors (Lipinski definition) is 3. The second-order valence-electron chi connectivity index (χ2n) is 5.16. The molecule has 0 radical (unpaired) electrons. The van der Waals surface area contributed by atoms with Crippen LogP contribution in [0.5, 0.6) is 5.75 Å². The molecular weight excluding hydrogens is 388 g/mol. The highest BCUT2D eigenvalue weighted by Gasteiger charge is 2.31. The van der Waals surface area contributed by atoms with Crippen molar-refractivity contribution in [2.24, 2.45) is 0 Å². The molecule has 126 valence electrons. The minimum absolute atomic E-state index is 0.329. The predicted molar refractivity (Wildman–Crippen MR) is 93.2 cm³/mol. The minimum atomic E-state index is -2.58. The predicted octanol–water partition coefficient (Wildman–Crippen LogP) is 4.30. The number of ether oxygens (including phenoxy) is 1. The lowest BCUT2D eigenvalue weighted by Crippen LogP contribution is -2.41. The summed E-state index contributed by atoms with van der Waals surface area (Å²) >= 11 is 4.81. The van der Waals surface area contributed by atoms with E-state index >= 15 is 0 Å². The topological polar surface area (TPSA) is 29.5 Å². The van der Waals surface area contributed by atoms with Crippen molar-refractivity contribution in [2.75, 3.05) is 18.7 Å². The molecular formula is C16H18BrF2NO2S. The maximum atomic E-state index is 12.9. The Morgan fingerprint density at radius 2 is 2.22 bits per heavy atom. The van der Waals surface area contributed by atoms with Crippen LogP contribution in [0.3, 0.4) is 0 Å². The van der Waals surface area contributed by atoms with E-state index in [1.165, 1.54) is 4.90 Å². The zero-order valence-corrected chi connectivity index (χ0v) is 15.3. The SMILES string of the molecule is CSCOc1ccc(C2=CCC(Br)C(=O)N2CC(F)F)c(C)c1. The summed E-state index contributed by atoms with van der Waals surface area (Å²) < 4.78 is 31.3. The van der Waals surface area contributed by atoms with Gasteiger partial charge in [0.05, 0.1) is 11.4 Å². The Bertz CT molecular complexity index is 610. The molecule has 1 aliphatic heterocycles. The van der Waals surface area contributed by atoms with E-state index in [4.69, 9.17) is 4.74 Å². The van der Waals surface area contributed by atoms with Crippen molar-refractivity contribution in [3.63, 3.8) is 0 Å². The quantitative estimate of drug-likeness (QED) is 0.521. The number of amides is 1. The third kappa shape index (κ3) is 4.47. The Morgan fingerprint density at radius 3 is 2.83 bits per heavy atom. The standard InChI is InChI=1S/C16H18BrF2NO2S/c1-10-7-11(22-9-23-2)3-4-12(10)14-6-5-13(17)16(21)20(14)8-15(18)19/h3-4,6-7,13,15H,5,8-9H2,1-2H3. The number of hydrogen-bond donors (Lipinski definition) is 0. The molecule has 0 bridgehead atoms. The molecule has 1 atom stereocenters. The first kappa shape index (κ1) is 18.3. The molecule has 2 rings (SSSR count). The summed E-state index contributed by atoms with van der Waals surface area (Å²) in [6.07, 6.45) is 1.68. The fourth-order valence-corrected chi connectivity index (χ4v) is 3.12. The molecule has 7 heteroatoms. The van der Waals surface area contributed by atoms with Crippen LogP contribution < -0.4 is 4.74 Å². The van der Waals surface area contributed by atoms with Crippen LogP contribution in [0.15, 0.2) is 24.3 Å². The van der Waals surface area contributed by atoms with Crippen LogP contribution in [0.1, 0.15) is 17.5 Å². The third-order valence-electron chi connectivity index (χ3n) is 3.48. The summed E-state index contributed by atoms with van der Waals surface area (Å²) in [5, 5.41) is 0. The molecule has 1 aromatic carbocycles. The van der Waals surface area contributed by atoms with Gasteiger partial charge >= 0.3 is 0 Å². The Balaban J connectivity index is 2.32. The van der Waals surface area contributed by atoms with Gasteiger partial charge in [0.1, 0.15) is 11.7 Å². The normalized spacial score (nSPS) is 18.3. The first-order chi connectivity index (χ1) is 10.9. The van der Waals surface area contributed by atoms with Crippen LogP contribution in [-0.2, 0) is 4.79 Å². The van der Waals surface area contributed by atoms with E-state index in [9.17, 15) is 13.6 Å². The Hall–Kier alpha value is -1.08. The maximum Gasteiger partial charge on any atom is 0.256 e. The van der Waals surface area contributed by atoms with E-state index in [1.807, 2.05) is 31.4 Å². The highest BCUT2D eigenvalue weighted by atomic mass is 79.9. The fourth-order valence-electron chi connectivity index (χ4n) is 2.44. The van der Waals surface area contributed by atoms with Gasteiger partial charge in [-0.3, -0.25) is 4.79 Å². The van der Waals surface area contributed by atoms with Crippen LogP contribution in [0.2, 0.25) is 0 Å². The average Bonchev–Trinajstić information content (AvgIpc) is 2.50. The molecule has 1 aromatic rings. The molecule has 0 aromatic heterocycles. The third-order valence-corrected chi connectivity index (χ3v) is 4.60. The molecule has 3 nitrogen and oxygen atoms in total. The summed E-state index contributed by atoms with van der Waals surface area (Å²) in [7, 11) is 0. The molecule has 23 heavy (non-hydrogen) atoms. The molecule has 0 aliphatic carbocycles. The molecule has 1 amide bonds. The van der Waals surface area contributed by atoms with Crippen LogP contribution in [-0.4, -0.2) is 40.8 Å². The van der Waals surface area contributed by atoms with Crippen LogP contribution in [0.4, 0.5) is 8.78 Å². The summed E-state index contributed by atoms with van der Waals surface area (Å²) in [6.45, 7) is 1.28. The first-order valence-electron chi connectivity index (χ1n) is 7.10. The number of benzene rings is 1. The molecule has 1 heterocycles. The number of allylic oxidation sites excluding steroid dienone is 1. The van der Waals surface area contributed by atoms with Gasteiger partial charge in [0.25, 0.3) is 6.43 Å². The smallest absolute Gasteiger partial charge is 0.256 e. The zero-order chi connectivity index (χ0) is 17.0. The highest BCUT2D eigenvalue weighted by Crippen LogP contribution is 2.32. The van der Waals surface area contributed by atoms with Crippen molar-refractivity contribution in [2.45, 2.75) is 24.6 Å². The number of rotatable bonds is 6. The van der Waals surface area contributed by atoms with Crippen molar-refractivity contribution in [3.05, 3.63) is 35.4 Å². The zero-order valence-electron chi connectivity index (χ0n) is 12.9. The molecule has 0 spiro atoms. The van der Waals surface area contributed by atoms with Gasteiger partial charge in [0.15, 0.2) is 0 Å². The fraction of sp³-hybridized carbons (Fsp3) is 0.438. The summed E-state index contributed by atoms with van der Waals surface area (Å²) in [6, 6.07) is 5.47. The van der Waals surface area contributed by atoms with Gasteiger partial charge in [0.2, 0.25) is 5.91 Å². The van der Waals surface area contributed by atoms with Crippen molar-refractivity contribution in [1.82, 2.24) is 4.90 Å². The number of halogens is 3. The van der Waals surface area contributed by atoms with E-state index in [0.29, 0.717) is 18.1 Å². The number of aryl methyl sites for hydroxylation is 1. The van der Waals surface area contributed by atoms with Gasteiger partial charge < -0.3 is 9.64 Å². The van der Waals surface area contributed by atoms with Crippen LogP contribution >= 0.6 is 27.7 Å². The number of thioether (sulfide) groups is 1. The van der Waals surface area contributed by atoms with Gasteiger partial charge in [-0.2, -0.15) is 0 Å². The second kappa shape index (κ2) is 8.15. The van der Waals surface area contributed by atoms with Gasteiger partial charge in [0, 0.05) is 11.3 Å². The summed E-state index contributed by atoms with van der Waals surface area (Å²) in [5.74, 6) is 0.940. The van der Waals surface area contributed by atoms with Crippen molar-refractivity contribution < 1.29 is 18.3 Å². The van der Waals surface area contributed by atoms with E-state index in [2.05, 4.69) is 15.9 Å². The monoisotopic (exact) mass is 405 g/mol. The van der Waals surface area contributed by atoms with E-state index < -0.39 is 17.8 Å². The lowest BCUT2D eigenvalue weighted by Gasteiger charge is -2.32. The number of carbonyl (C=O) groups excluding carboxylic acids is 1. The van der Waals surface area contributed by atoms with E-state index in [-0.39, 0.29) is 5.91 Å². The Kier molecular flexibility index (Phi) is 6.47. The van der Waals surface area contributed by atoms with Gasteiger partial charge in [-0.25, -0.2) is 8.78 Å². The molecule has 1 unspecified atom stereocenters. The summed E-state index contributed by atoms with van der Waals surface area (Å²) in [5.41, 5.74) is 2.20. The number of carbonyl (C=O) groups is 1.